The van der Waals surface area contributed by atoms with E-state index in [1.165, 1.54) is 0 Å². The van der Waals surface area contributed by atoms with E-state index in [4.69, 9.17) is 4.74 Å². The van der Waals surface area contributed by atoms with E-state index in [0.717, 1.165) is 25.5 Å². The fraction of sp³-hybridized carbons (Fsp3) is 0.636. The van der Waals surface area contributed by atoms with Crippen molar-refractivity contribution in [2.24, 2.45) is 0 Å². The number of likely N-dealkylation sites (N-methyl/N-ethyl adjacent to an activating group) is 1. The number of rotatable bonds is 8. The van der Waals surface area contributed by atoms with Crippen LogP contribution in [-0.4, -0.2) is 62.3 Å². The Balaban J connectivity index is 2.37. The number of nitrogens with one attached hydrogen (secondary N) is 2. The van der Waals surface area contributed by atoms with E-state index in [9.17, 15) is 0 Å². The van der Waals surface area contributed by atoms with Crippen molar-refractivity contribution in [3.8, 4) is 0 Å². The van der Waals surface area contributed by atoms with Gasteiger partial charge < -0.3 is 20.3 Å². The molecule has 0 fully saturated rings. The number of aromatic nitrogens is 2. The Morgan fingerprint density at radius 2 is 2.12 bits per heavy atom. The van der Waals surface area contributed by atoms with Gasteiger partial charge in [0.25, 0.3) is 0 Å². The smallest absolute Gasteiger partial charge is 0.224 e. The lowest BCUT2D eigenvalue weighted by atomic mass is 10.5. The molecule has 0 radical (unpaired) electrons. The van der Waals surface area contributed by atoms with Crippen LogP contribution in [0.3, 0.4) is 0 Å². The van der Waals surface area contributed by atoms with Gasteiger partial charge in [0.2, 0.25) is 5.95 Å². The second kappa shape index (κ2) is 7.81. The molecule has 2 N–H and O–H groups in total. The highest BCUT2D eigenvalue weighted by Crippen LogP contribution is 2.04. The fourth-order valence-corrected chi connectivity index (χ4v) is 1.21. The van der Waals surface area contributed by atoms with Gasteiger partial charge in [-0.2, -0.15) is 4.98 Å². The molecule has 96 valence electrons. The first-order valence-corrected chi connectivity index (χ1v) is 5.67. The summed E-state index contributed by atoms with van der Waals surface area (Å²) in [5.41, 5.74) is 0. The number of methoxy groups -OCH3 is 1. The van der Waals surface area contributed by atoms with Gasteiger partial charge in [-0.3, -0.25) is 0 Å². The predicted octanol–water partition coefficient (Wildman–Crippen LogP) is 0.508. The van der Waals surface area contributed by atoms with Crippen molar-refractivity contribution in [3.63, 3.8) is 0 Å². The van der Waals surface area contributed by atoms with Gasteiger partial charge in [-0.1, -0.05) is 0 Å². The lowest BCUT2D eigenvalue weighted by Crippen LogP contribution is -2.21. The average Bonchev–Trinajstić information content (AvgIpc) is 2.29. The minimum atomic E-state index is 0.647. The average molecular weight is 239 g/mol. The summed E-state index contributed by atoms with van der Waals surface area (Å²) in [6.45, 7) is 3.18. The molecule has 0 aliphatic heterocycles. The fourth-order valence-electron chi connectivity index (χ4n) is 1.21. The maximum Gasteiger partial charge on any atom is 0.224 e. The van der Waals surface area contributed by atoms with Gasteiger partial charge in [0.05, 0.1) is 6.61 Å². The third-order valence-electron chi connectivity index (χ3n) is 2.11. The highest BCUT2D eigenvalue weighted by atomic mass is 16.5. The third-order valence-corrected chi connectivity index (χ3v) is 2.11. The molecule has 1 aromatic rings. The second-order valence-electron chi connectivity index (χ2n) is 3.92. The first-order chi connectivity index (χ1) is 8.22. The number of nitrogens with zero attached hydrogens (tertiary/aromatic N) is 3. The molecule has 1 rings (SSSR count). The predicted molar refractivity (Wildman–Crippen MR) is 69.4 cm³/mol. The summed E-state index contributed by atoms with van der Waals surface area (Å²) in [6.07, 6.45) is 1.74. The van der Waals surface area contributed by atoms with Crippen molar-refractivity contribution in [2.45, 2.75) is 0 Å². The SMILES string of the molecule is COCCNc1ccnc(NCCN(C)C)n1. The quantitative estimate of drug-likeness (QED) is 0.644. The van der Waals surface area contributed by atoms with Gasteiger partial charge in [0, 0.05) is 32.9 Å². The van der Waals surface area contributed by atoms with Gasteiger partial charge in [-0.25, -0.2) is 4.98 Å². The van der Waals surface area contributed by atoms with Crippen LogP contribution in [0, 0.1) is 0 Å². The number of ether oxygens (including phenoxy) is 1. The molecule has 1 heterocycles. The minimum absolute atomic E-state index is 0.647. The molecular formula is C11H21N5O. The van der Waals surface area contributed by atoms with Crippen LogP contribution in [-0.2, 0) is 4.74 Å². The summed E-state index contributed by atoms with van der Waals surface area (Å²) in [4.78, 5) is 10.6. The lowest BCUT2D eigenvalue weighted by Gasteiger charge is -2.11. The third kappa shape index (κ3) is 6.03. The molecule has 0 aromatic carbocycles. The molecule has 0 spiro atoms. The van der Waals surface area contributed by atoms with Crippen LogP contribution in [0.2, 0.25) is 0 Å². The van der Waals surface area contributed by atoms with Crippen molar-refractivity contribution >= 4 is 11.8 Å². The Labute approximate surface area is 102 Å². The van der Waals surface area contributed by atoms with Crippen molar-refractivity contribution in [1.82, 2.24) is 14.9 Å². The first kappa shape index (κ1) is 13.7. The molecule has 0 bridgehead atoms. The van der Waals surface area contributed by atoms with E-state index in [1.807, 2.05) is 20.2 Å². The molecule has 0 atom stereocenters. The van der Waals surface area contributed by atoms with Gasteiger partial charge in [0.15, 0.2) is 0 Å². The molecular weight excluding hydrogens is 218 g/mol. The van der Waals surface area contributed by atoms with Gasteiger partial charge >= 0.3 is 0 Å². The van der Waals surface area contributed by atoms with Crippen molar-refractivity contribution in [1.29, 1.82) is 0 Å². The van der Waals surface area contributed by atoms with E-state index < -0.39 is 0 Å². The van der Waals surface area contributed by atoms with Crippen LogP contribution in [0.1, 0.15) is 0 Å². The summed E-state index contributed by atoms with van der Waals surface area (Å²) in [5.74, 6) is 1.46. The zero-order valence-electron chi connectivity index (χ0n) is 10.7. The normalized spacial score (nSPS) is 10.6. The molecule has 0 saturated heterocycles. The summed E-state index contributed by atoms with van der Waals surface area (Å²) in [5, 5.41) is 6.33. The van der Waals surface area contributed by atoms with E-state index in [2.05, 4.69) is 25.5 Å². The summed E-state index contributed by atoms with van der Waals surface area (Å²) >= 11 is 0. The topological polar surface area (TPSA) is 62.3 Å². The van der Waals surface area contributed by atoms with Gasteiger partial charge in [-0.05, 0) is 20.2 Å². The number of hydrogen-bond donors (Lipinski definition) is 2. The van der Waals surface area contributed by atoms with Gasteiger partial charge in [0.1, 0.15) is 5.82 Å². The summed E-state index contributed by atoms with van der Waals surface area (Å²) in [7, 11) is 5.74. The van der Waals surface area contributed by atoms with E-state index in [1.54, 1.807) is 13.3 Å². The summed E-state index contributed by atoms with van der Waals surface area (Å²) in [6, 6.07) is 1.84. The van der Waals surface area contributed by atoms with Crippen LogP contribution in [0.4, 0.5) is 11.8 Å². The van der Waals surface area contributed by atoms with Crippen LogP contribution in [0.25, 0.3) is 0 Å². The Bertz CT molecular complexity index is 318. The van der Waals surface area contributed by atoms with E-state index in [0.29, 0.717) is 12.6 Å². The maximum atomic E-state index is 4.96. The minimum Gasteiger partial charge on any atom is -0.383 e. The molecule has 0 aliphatic rings. The molecule has 17 heavy (non-hydrogen) atoms. The maximum absolute atomic E-state index is 4.96. The second-order valence-corrected chi connectivity index (χ2v) is 3.92. The standard InChI is InChI=1S/C11H21N5O/c1-16(2)8-6-14-11-13-5-4-10(15-11)12-7-9-17-3/h4-5H,6-9H2,1-3H3,(H2,12,13,14,15). The highest BCUT2D eigenvalue weighted by molar-refractivity contribution is 5.39. The molecule has 0 amide bonds. The Morgan fingerprint density at radius 3 is 2.82 bits per heavy atom. The Hall–Kier alpha value is -1.40. The molecule has 0 saturated carbocycles. The van der Waals surface area contributed by atoms with Crippen LogP contribution < -0.4 is 10.6 Å². The largest absolute Gasteiger partial charge is 0.383 e. The molecule has 1 aromatic heterocycles. The molecule has 6 nitrogen and oxygen atoms in total. The zero-order valence-corrected chi connectivity index (χ0v) is 10.7. The van der Waals surface area contributed by atoms with Crippen molar-refractivity contribution in [3.05, 3.63) is 12.3 Å². The lowest BCUT2D eigenvalue weighted by molar-refractivity contribution is 0.210. The highest BCUT2D eigenvalue weighted by Gasteiger charge is 1.98. The number of anilines is 2. The van der Waals surface area contributed by atoms with Crippen LogP contribution >= 0.6 is 0 Å². The van der Waals surface area contributed by atoms with Crippen molar-refractivity contribution < 1.29 is 4.74 Å². The zero-order chi connectivity index (χ0) is 12.5. The van der Waals surface area contributed by atoms with Crippen molar-refractivity contribution in [2.75, 3.05) is 58.1 Å². The van der Waals surface area contributed by atoms with E-state index in [-0.39, 0.29) is 0 Å². The molecule has 0 aliphatic carbocycles. The van der Waals surface area contributed by atoms with E-state index >= 15 is 0 Å². The van der Waals surface area contributed by atoms with Crippen LogP contribution in [0.15, 0.2) is 12.3 Å². The summed E-state index contributed by atoms with van der Waals surface area (Å²) < 4.78 is 4.96. The number of hydrogen-bond acceptors (Lipinski definition) is 6. The first-order valence-electron chi connectivity index (χ1n) is 5.67. The molecule has 6 heteroatoms. The molecule has 0 unspecified atom stereocenters. The Kier molecular flexibility index (Phi) is 6.27. The monoisotopic (exact) mass is 239 g/mol. The van der Waals surface area contributed by atoms with Gasteiger partial charge in [-0.15, -0.1) is 0 Å². The Morgan fingerprint density at radius 1 is 1.29 bits per heavy atom. The van der Waals surface area contributed by atoms with Crippen LogP contribution in [0.5, 0.6) is 0 Å².